The Morgan fingerprint density at radius 2 is 1.96 bits per heavy atom. The number of hydrogen-bond acceptors (Lipinski definition) is 5. The predicted octanol–water partition coefficient (Wildman–Crippen LogP) is 0.590. The maximum atomic E-state index is 12.1. The van der Waals surface area contributed by atoms with Crippen LogP contribution in [0.25, 0.3) is 0 Å². The van der Waals surface area contributed by atoms with Gasteiger partial charge in [-0.25, -0.2) is 0 Å². The number of morpholine rings is 1. The molecule has 1 aliphatic heterocycles. The van der Waals surface area contributed by atoms with Gasteiger partial charge in [0.25, 0.3) is 0 Å². The zero-order chi connectivity index (χ0) is 17.2. The number of ether oxygens (including phenoxy) is 1. The van der Waals surface area contributed by atoms with Crippen LogP contribution < -0.4 is 11.1 Å². The van der Waals surface area contributed by atoms with Crippen molar-refractivity contribution >= 4 is 17.5 Å². The fourth-order valence-electron chi connectivity index (χ4n) is 2.57. The van der Waals surface area contributed by atoms with E-state index in [9.17, 15) is 9.59 Å². The summed E-state index contributed by atoms with van der Waals surface area (Å²) in [6.07, 6.45) is 7.68. The number of nitrogens with two attached hydrogens (primary N) is 1. The first-order chi connectivity index (χ1) is 11.7. The van der Waals surface area contributed by atoms with Crippen LogP contribution in [0, 0.1) is 0 Å². The number of carbonyl (C=O) groups is 2. The number of aromatic nitrogens is 2. The Hall–Kier alpha value is -1.93. The summed E-state index contributed by atoms with van der Waals surface area (Å²) in [5.74, 6) is -0.0130. The molecule has 1 aliphatic rings. The van der Waals surface area contributed by atoms with Gasteiger partial charge < -0.3 is 20.7 Å². The molecule has 0 saturated carbocycles. The van der Waals surface area contributed by atoms with Gasteiger partial charge in [-0.15, -0.1) is 0 Å². The SMILES string of the molecule is NCCCCCCC(=O)Nc1cnn(CC(=O)N2CCOCC2)c1. The van der Waals surface area contributed by atoms with Gasteiger partial charge in [-0.3, -0.25) is 14.3 Å². The topological polar surface area (TPSA) is 102 Å². The third-order valence-corrected chi connectivity index (χ3v) is 3.94. The standard InChI is InChI=1S/C16H27N5O3/c17-6-4-2-1-3-5-15(22)19-14-11-18-21(12-14)13-16(23)20-7-9-24-10-8-20/h11-12H,1-10,13,17H2,(H,19,22). The van der Waals surface area contributed by atoms with Crippen molar-refractivity contribution < 1.29 is 14.3 Å². The van der Waals surface area contributed by atoms with Crippen LogP contribution >= 0.6 is 0 Å². The molecule has 0 aromatic carbocycles. The van der Waals surface area contributed by atoms with E-state index in [0.29, 0.717) is 45.0 Å². The van der Waals surface area contributed by atoms with Gasteiger partial charge in [0.1, 0.15) is 6.54 Å². The minimum Gasteiger partial charge on any atom is -0.378 e. The molecule has 134 valence electrons. The molecule has 0 atom stereocenters. The highest BCUT2D eigenvalue weighted by Crippen LogP contribution is 2.09. The Bertz CT molecular complexity index is 526. The van der Waals surface area contributed by atoms with Gasteiger partial charge in [0, 0.05) is 25.7 Å². The molecule has 0 radical (unpaired) electrons. The number of hydrogen-bond donors (Lipinski definition) is 2. The summed E-state index contributed by atoms with van der Waals surface area (Å²) in [5, 5.41) is 6.95. The van der Waals surface area contributed by atoms with Crippen LogP contribution in [0.3, 0.4) is 0 Å². The van der Waals surface area contributed by atoms with Gasteiger partial charge >= 0.3 is 0 Å². The molecule has 8 heteroatoms. The van der Waals surface area contributed by atoms with Gasteiger partial charge in [0.15, 0.2) is 0 Å². The van der Waals surface area contributed by atoms with E-state index < -0.39 is 0 Å². The summed E-state index contributed by atoms with van der Waals surface area (Å²) in [6.45, 7) is 3.28. The average Bonchev–Trinajstić information content (AvgIpc) is 3.02. The van der Waals surface area contributed by atoms with Crippen molar-refractivity contribution in [2.75, 3.05) is 38.2 Å². The minimum atomic E-state index is -0.0261. The van der Waals surface area contributed by atoms with Crippen molar-refractivity contribution in [3.05, 3.63) is 12.4 Å². The molecular weight excluding hydrogens is 310 g/mol. The molecule has 0 unspecified atom stereocenters. The lowest BCUT2D eigenvalue weighted by Crippen LogP contribution is -2.42. The summed E-state index contributed by atoms with van der Waals surface area (Å²) in [6, 6.07) is 0. The predicted molar refractivity (Wildman–Crippen MR) is 90.4 cm³/mol. The van der Waals surface area contributed by atoms with Crippen LogP contribution in [0.1, 0.15) is 32.1 Å². The molecule has 8 nitrogen and oxygen atoms in total. The van der Waals surface area contributed by atoms with Crippen LogP contribution in [-0.4, -0.2) is 59.3 Å². The first-order valence-electron chi connectivity index (χ1n) is 8.57. The number of unbranched alkanes of at least 4 members (excludes halogenated alkanes) is 3. The Labute approximate surface area is 142 Å². The van der Waals surface area contributed by atoms with Crippen LogP contribution in [0.2, 0.25) is 0 Å². The zero-order valence-electron chi connectivity index (χ0n) is 14.1. The molecule has 0 aliphatic carbocycles. The van der Waals surface area contributed by atoms with Gasteiger partial charge in [-0.05, 0) is 19.4 Å². The maximum Gasteiger partial charge on any atom is 0.244 e. The van der Waals surface area contributed by atoms with Crippen molar-refractivity contribution in [2.45, 2.75) is 38.6 Å². The van der Waals surface area contributed by atoms with E-state index in [1.807, 2.05) is 0 Å². The van der Waals surface area contributed by atoms with Crippen molar-refractivity contribution in [2.24, 2.45) is 5.73 Å². The molecule has 2 rings (SSSR count). The third kappa shape index (κ3) is 6.29. The molecular formula is C16H27N5O3. The number of carbonyl (C=O) groups excluding carboxylic acids is 2. The van der Waals surface area contributed by atoms with E-state index in [0.717, 1.165) is 25.7 Å². The first kappa shape index (κ1) is 18.4. The highest BCUT2D eigenvalue weighted by Gasteiger charge is 2.17. The Morgan fingerprint density at radius 1 is 1.21 bits per heavy atom. The molecule has 24 heavy (non-hydrogen) atoms. The van der Waals surface area contributed by atoms with Gasteiger partial charge in [0.05, 0.1) is 25.1 Å². The minimum absolute atomic E-state index is 0.0131. The Balaban J connectivity index is 1.70. The lowest BCUT2D eigenvalue weighted by atomic mass is 10.1. The van der Waals surface area contributed by atoms with E-state index in [1.165, 1.54) is 0 Å². The van der Waals surface area contributed by atoms with Gasteiger partial charge in [-0.1, -0.05) is 12.8 Å². The molecule has 0 bridgehead atoms. The molecule has 1 aromatic rings. The Kier molecular flexibility index (Phi) is 7.70. The smallest absolute Gasteiger partial charge is 0.244 e. The van der Waals surface area contributed by atoms with Crippen molar-refractivity contribution in [1.29, 1.82) is 0 Å². The van der Waals surface area contributed by atoms with Crippen LogP contribution in [0.4, 0.5) is 5.69 Å². The maximum absolute atomic E-state index is 12.1. The van der Waals surface area contributed by atoms with Crippen molar-refractivity contribution in [3.8, 4) is 0 Å². The first-order valence-corrected chi connectivity index (χ1v) is 8.57. The lowest BCUT2D eigenvalue weighted by Gasteiger charge is -2.26. The summed E-state index contributed by atoms with van der Waals surface area (Å²) in [4.78, 5) is 25.8. The summed E-state index contributed by atoms with van der Waals surface area (Å²) < 4.78 is 6.78. The van der Waals surface area contributed by atoms with Crippen LogP contribution in [-0.2, 0) is 20.9 Å². The Morgan fingerprint density at radius 3 is 2.71 bits per heavy atom. The largest absolute Gasteiger partial charge is 0.378 e. The summed E-state index contributed by atoms with van der Waals surface area (Å²) in [7, 11) is 0. The van der Waals surface area contributed by atoms with Gasteiger partial charge in [0.2, 0.25) is 11.8 Å². The summed E-state index contributed by atoms with van der Waals surface area (Å²) in [5.41, 5.74) is 6.06. The fourth-order valence-corrected chi connectivity index (χ4v) is 2.57. The second-order valence-electron chi connectivity index (χ2n) is 5.92. The molecule has 1 fully saturated rings. The second kappa shape index (κ2) is 10.0. The van der Waals surface area contributed by atoms with Gasteiger partial charge in [-0.2, -0.15) is 5.10 Å². The van der Waals surface area contributed by atoms with E-state index >= 15 is 0 Å². The number of anilines is 1. The quantitative estimate of drug-likeness (QED) is 0.642. The number of nitrogens with one attached hydrogen (secondary N) is 1. The molecule has 0 spiro atoms. The van der Waals surface area contributed by atoms with E-state index in [-0.39, 0.29) is 18.4 Å². The molecule has 1 aromatic heterocycles. The van der Waals surface area contributed by atoms with E-state index in [4.69, 9.17) is 10.5 Å². The average molecular weight is 337 g/mol. The van der Waals surface area contributed by atoms with Crippen molar-refractivity contribution in [3.63, 3.8) is 0 Å². The normalized spacial score (nSPS) is 14.6. The van der Waals surface area contributed by atoms with E-state index in [1.54, 1.807) is 22.0 Å². The highest BCUT2D eigenvalue weighted by atomic mass is 16.5. The van der Waals surface area contributed by atoms with Crippen LogP contribution in [0.5, 0.6) is 0 Å². The lowest BCUT2D eigenvalue weighted by molar-refractivity contribution is -0.136. The second-order valence-corrected chi connectivity index (χ2v) is 5.92. The van der Waals surface area contributed by atoms with Crippen molar-refractivity contribution in [1.82, 2.24) is 14.7 Å². The number of nitrogens with zero attached hydrogens (tertiary/aromatic N) is 3. The molecule has 2 heterocycles. The highest BCUT2D eigenvalue weighted by molar-refractivity contribution is 5.90. The molecule has 3 N–H and O–H groups in total. The number of amides is 2. The molecule has 1 saturated heterocycles. The van der Waals surface area contributed by atoms with E-state index in [2.05, 4.69) is 10.4 Å². The monoisotopic (exact) mass is 337 g/mol. The third-order valence-electron chi connectivity index (χ3n) is 3.94. The fraction of sp³-hybridized carbons (Fsp3) is 0.688. The zero-order valence-corrected chi connectivity index (χ0v) is 14.1. The number of rotatable bonds is 9. The summed E-state index contributed by atoms with van der Waals surface area (Å²) >= 11 is 0. The van der Waals surface area contributed by atoms with Crippen LogP contribution in [0.15, 0.2) is 12.4 Å². The molecule has 2 amide bonds.